The van der Waals surface area contributed by atoms with Crippen molar-refractivity contribution in [3.8, 4) is 11.5 Å². The normalized spacial score (nSPS) is 10.3. The van der Waals surface area contributed by atoms with Gasteiger partial charge in [0.05, 0.1) is 20.4 Å². The summed E-state index contributed by atoms with van der Waals surface area (Å²) in [6.45, 7) is 0. The highest BCUT2D eigenvalue weighted by atomic mass is 16.5. The van der Waals surface area contributed by atoms with Gasteiger partial charge >= 0.3 is 0 Å². The highest BCUT2D eigenvalue weighted by molar-refractivity contribution is 5.83. The summed E-state index contributed by atoms with van der Waals surface area (Å²) >= 11 is 0. The fourth-order valence-corrected chi connectivity index (χ4v) is 2.07. The van der Waals surface area contributed by atoms with Crippen molar-refractivity contribution in [3.63, 3.8) is 0 Å². The van der Waals surface area contributed by atoms with E-state index in [9.17, 15) is 4.79 Å². The van der Waals surface area contributed by atoms with Crippen molar-refractivity contribution in [2.75, 3.05) is 14.2 Å². The first kappa shape index (κ1) is 14.1. The van der Waals surface area contributed by atoms with Crippen LogP contribution in [0.15, 0.2) is 30.6 Å². The molecule has 1 aromatic heterocycles. The van der Waals surface area contributed by atoms with E-state index in [0.29, 0.717) is 24.3 Å². The number of carbonyl (C=O) groups is 1. The molecule has 0 bridgehead atoms. The van der Waals surface area contributed by atoms with Gasteiger partial charge in [-0.2, -0.15) is 5.10 Å². The number of aryl methyl sites for hydroxylation is 1. The number of nitrogens with zero attached hydrogens (tertiary/aromatic N) is 2. The first-order chi connectivity index (χ1) is 9.62. The van der Waals surface area contributed by atoms with E-state index < -0.39 is 0 Å². The molecular weight excluding hydrogens is 256 g/mol. The molecule has 0 aliphatic heterocycles. The molecule has 20 heavy (non-hydrogen) atoms. The molecule has 1 aromatic carbocycles. The third-order valence-electron chi connectivity index (χ3n) is 3.01. The Kier molecular flexibility index (Phi) is 4.40. The van der Waals surface area contributed by atoms with Gasteiger partial charge in [-0.3, -0.25) is 9.48 Å². The molecule has 5 heteroatoms. The molecule has 0 saturated carbocycles. The van der Waals surface area contributed by atoms with E-state index in [-0.39, 0.29) is 5.78 Å². The molecule has 0 saturated heterocycles. The first-order valence-corrected chi connectivity index (χ1v) is 6.32. The van der Waals surface area contributed by atoms with Gasteiger partial charge in [-0.25, -0.2) is 0 Å². The number of Topliss-reactive ketones (excluding diaryl/α,β-unsaturated/α-hetero) is 1. The minimum absolute atomic E-state index is 0.144. The topological polar surface area (TPSA) is 53.3 Å². The molecule has 106 valence electrons. The van der Waals surface area contributed by atoms with Crippen LogP contribution in [0.2, 0.25) is 0 Å². The predicted molar refractivity (Wildman–Crippen MR) is 75.2 cm³/mol. The molecule has 0 atom stereocenters. The molecule has 0 N–H and O–H groups in total. The van der Waals surface area contributed by atoms with Crippen LogP contribution in [0.25, 0.3) is 0 Å². The Hall–Kier alpha value is -2.30. The van der Waals surface area contributed by atoms with Crippen molar-refractivity contribution < 1.29 is 14.3 Å². The quantitative estimate of drug-likeness (QED) is 0.806. The van der Waals surface area contributed by atoms with Crippen molar-refractivity contribution in [1.29, 1.82) is 0 Å². The Morgan fingerprint density at radius 1 is 1.15 bits per heavy atom. The zero-order valence-electron chi connectivity index (χ0n) is 11.9. The minimum atomic E-state index is 0.144. The number of hydrogen-bond acceptors (Lipinski definition) is 4. The number of carbonyl (C=O) groups excluding carboxylic acids is 1. The SMILES string of the molecule is COc1ccc(CC(=O)Cc2cnn(C)c2)cc1OC. The monoisotopic (exact) mass is 274 g/mol. The second-order valence-corrected chi connectivity index (χ2v) is 4.60. The Labute approximate surface area is 118 Å². The predicted octanol–water partition coefficient (Wildman–Crippen LogP) is 1.79. The van der Waals surface area contributed by atoms with Crippen LogP contribution in [-0.2, 0) is 24.7 Å². The Morgan fingerprint density at radius 2 is 1.85 bits per heavy atom. The second kappa shape index (κ2) is 6.23. The molecule has 0 radical (unpaired) electrons. The summed E-state index contributed by atoms with van der Waals surface area (Å²) < 4.78 is 12.1. The summed E-state index contributed by atoms with van der Waals surface area (Å²) in [6, 6.07) is 5.52. The van der Waals surface area contributed by atoms with E-state index in [1.807, 2.05) is 31.4 Å². The molecule has 2 aromatic rings. The van der Waals surface area contributed by atoms with Gasteiger partial charge in [0.15, 0.2) is 11.5 Å². The van der Waals surface area contributed by atoms with E-state index >= 15 is 0 Å². The number of rotatable bonds is 6. The van der Waals surface area contributed by atoms with Crippen LogP contribution < -0.4 is 9.47 Å². The van der Waals surface area contributed by atoms with E-state index in [2.05, 4.69) is 5.10 Å². The number of ether oxygens (including phenoxy) is 2. The van der Waals surface area contributed by atoms with Crippen molar-refractivity contribution in [2.24, 2.45) is 7.05 Å². The third-order valence-corrected chi connectivity index (χ3v) is 3.01. The van der Waals surface area contributed by atoms with Gasteiger partial charge in [-0.05, 0) is 23.3 Å². The molecule has 1 heterocycles. The van der Waals surface area contributed by atoms with Crippen LogP contribution in [0.4, 0.5) is 0 Å². The van der Waals surface area contributed by atoms with E-state index in [0.717, 1.165) is 11.1 Å². The number of methoxy groups -OCH3 is 2. The van der Waals surface area contributed by atoms with E-state index in [1.165, 1.54) is 0 Å². The third kappa shape index (κ3) is 3.38. The van der Waals surface area contributed by atoms with Crippen LogP contribution in [0.5, 0.6) is 11.5 Å². The summed E-state index contributed by atoms with van der Waals surface area (Å²) in [4.78, 5) is 12.0. The Bertz CT molecular complexity index is 605. The van der Waals surface area contributed by atoms with Crippen LogP contribution in [0.1, 0.15) is 11.1 Å². The standard InChI is InChI=1S/C15H18N2O3/c1-17-10-12(9-16-17)7-13(18)6-11-4-5-14(19-2)15(8-11)20-3/h4-5,8-10H,6-7H2,1-3H3. The van der Waals surface area contributed by atoms with Crippen LogP contribution in [0.3, 0.4) is 0 Å². The molecule has 0 unspecified atom stereocenters. The Morgan fingerprint density at radius 3 is 2.45 bits per heavy atom. The maximum Gasteiger partial charge on any atom is 0.161 e. The van der Waals surface area contributed by atoms with Gasteiger partial charge in [0, 0.05) is 26.1 Å². The largest absolute Gasteiger partial charge is 0.493 e. The average Bonchev–Trinajstić information content (AvgIpc) is 2.83. The molecule has 0 fully saturated rings. The highest BCUT2D eigenvalue weighted by Crippen LogP contribution is 2.27. The van der Waals surface area contributed by atoms with Gasteiger partial charge in [0.1, 0.15) is 5.78 Å². The number of benzene rings is 1. The zero-order chi connectivity index (χ0) is 14.5. The highest BCUT2D eigenvalue weighted by Gasteiger charge is 2.10. The van der Waals surface area contributed by atoms with Crippen LogP contribution >= 0.6 is 0 Å². The maximum atomic E-state index is 12.0. The van der Waals surface area contributed by atoms with Gasteiger partial charge < -0.3 is 9.47 Å². The van der Waals surface area contributed by atoms with Crippen LogP contribution in [-0.4, -0.2) is 29.8 Å². The lowest BCUT2D eigenvalue weighted by Crippen LogP contribution is -2.06. The minimum Gasteiger partial charge on any atom is -0.493 e. The lowest BCUT2D eigenvalue weighted by Gasteiger charge is -2.09. The fourth-order valence-electron chi connectivity index (χ4n) is 2.07. The fraction of sp³-hybridized carbons (Fsp3) is 0.333. The number of hydrogen-bond donors (Lipinski definition) is 0. The molecule has 0 aliphatic rings. The van der Waals surface area contributed by atoms with Crippen molar-refractivity contribution in [2.45, 2.75) is 12.8 Å². The smallest absolute Gasteiger partial charge is 0.161 e. The molecule has 0 amide bonds. The van der Waals surface area contributed by atoms with Gasteiger partial charge in [-0.15, -0.1) is 0 Å². The summed E-state index contributed by atoms with van der Waals surface area (Å²) in [5.74, 6) is 1.44. The molecule has 5 nitrogen and oxygen atoms in total. The summed E-state index contributed by atoms with van der Waals surface area (Å²) in [7, 11) is 5.01. The van der Waals surface area contributed by atoms with Gasteiger partial charge in [0.2, 0.25) is 0 Å². The zero-order valence-corrected chi connectivity index (χ0v) is 11.9. The van der Waals surface area contributed by atoms with Gasteiger partial charge in [-0.1, -0.05) is 6.07 Å². The van der Waals surface area contributed by atoms with Crippen molar-refractivity contribution in [1.82, 2.24) is 9.78 Å². The van der Waals surface area contributed by atoms with Crippen molar-refractivity contribution in [3.05, 3.63) is 41.7 Å². The molecule has 2 rings (SSSR count). The summed E-state index contributed by atoms with van der Waals surface area (Å²) in [5.41, 5.74) is 1.84. The first-order valence-electron chi connectivity index (χ1n) is 6.32. The summed E-state index contributed by atoms with van der Waals surface area (Å²) in [6.07, 6.45) is 4.33. The maximum absolute atomic E-state index is 12.0. The van der Waals surface area contributed by atoms with E-state index in [4.69, 9.17) is 9.47 Å². The average molecular weight is 274 g/mol. The van der Waals surface area contributed by atoms with Gasteiger partial charge in [0.25, 0.3) is 0 Å². The van der Waals surface area contributed by atoms with E-state index in [1.54, 1.807) is 25.1 Å². The van der Waals surface area contributed by atoms with Crippen LogP contribution in [0, 0.1) is 0 Å². The number of aromatic nitrogens is 2. The Balaban J connectivity index is 2.04. The lowest BCUT2D eigenvalue weighted by molar-refractivity contribution is -0.117. The van der Waals surface area contributed by atoms with Crippen molar-refractivity contribution >= 4 is 5.78 Å². The number of ketones is 1. The molecule has 0 spiro atoms. The lowest BCUT2D eigenvalue weighted by atomic mass is 10.0. The molecule has 0 aliphatic carbocycles. The molecular formula is C15H18N2O3. The second-order valence-electron chi connectivity index (χ2n) is 4.60. The summed E-state index contributed by atoms with van der Waals surface area (Å²) in [5, 5.41) is 4.05.